The Bertz CT molecular complexity index is 704. The Balaban J connectivity index is 1.77. The van der Waals surface area contributed by atoms with Crippen LogP contribution in [0.15, 0.2) is 30.3 Å². The van der Waals surface area contributed by atoms with Gasteiger partial charge < -0.3 is 10.0 Å². The molecule has 0 unspecified atom stereocenters. The van der Waals surface area contributed by atoms with Gasteiger partial charge in [0.15, 0.2) is 0 Å². The third-order valence-electron chi connectivity index (χ3n) is 4.02. The molecule has 1 aliphatic rings. The first-order chi connectivity index (χ1) is 10.4. The van der Waals surface area contributed by atoms with Crippen molar-refractivity contribution in [2.45, 2.75) is 19.4 Å². The van der Waals surface area contributed by atoms with E-state index >= 15 is 0 Å². The Morgan fingerprint density at radius 1 is 1.23 bits per heavy atom. The van der Waals surface area contributed by atoms with Gasteiger partial charge in [-0.2, -0.15) is 0 Å². The second-order valence-corrected chi connectivity index (χ2v) is 5.97. The minimum Gasteiger partial charge on any atom is -0.381 e. The summed E-state index contributed by atoms with van der Waals surface area (Å²) in [6, 6.07) is 9.32. The lowest BCUT2D eigenvalue weighted by Gasteiger charge is -2.46. The molecule has 0 bridgehead atoms. The molecule has 6 heteroatoms. The molecule has 1 amide bonds. The van der Waals surface area contributed by atoms with Gasteiger partial charge in [-0.05, 0) is 19.4 Å². The van der Waals surface area contributed by atoms with E-state index in [1.165, 1.54) is 4.90 Å². The zero-order chi connectivity index (χ0) is 15.9. The molecular weight excluding hydrogens is 302 g/mol. The number of likely N-dealkylation sites (tertiary alicyclic amines) is 1. The summed E-state index contributed by atoms with van der Waals surface area (Å²) in [6.45, 7) is 4.05. The van der Waals surface area contributed by atoms with Gasteiger partial charge in [0.2, 0.25) is 5.82 Å². The lowest BCUT2D eigenvalue weighted by Crippen LogP contribution is -2.61. The third kappa shape index (κ3) is 2.46. The van der Waals surface area contributed by atoms with Crippen molar-refractivity contribution in [2.75, 3.05) is 13.1 Å². The van der Waals surface area contributed by atoms with Gasteiger partial charge in [0, 0.05) is 11.3 Å². The average molecular weight is 318 g/mol. The monoisotopic (exact) mass is 317 g/mol. The molecule has 1 N–H and O–H groups in total. The van der Waals surface area contributed by atoms with Crippen LogP contribution in [0.2, 0.25) is 5.15 Å². The van der Waals surface area contributed by atoms with E-state index < -0.39 is 5.60 Å². The number of rotatable bonds is 2. The number of β-amino-alcohol motifs (C(OH)–C–C–N with tert-alkyl or cyclic N) is 1. The topological polar surface area (TPSA) is 66.3 Å². The van der Waals surface area contributed by atoms with Crippen molar-refractivity contribution < 1.29 is 9.90 Å². The normalized spacial score (nSPS) is 16.3. The van der Waals surface area contributed by atoms with Crippen LogP contribution in [0.5, 0.6) is 0 Å². The van der Waals surface area contributed by atoms with Crippen LogP contribution in [0.3, 0.4) is 0 Å². The zero-order valence-electron chi connectivity index (χ0n) is 12.4. The summed E-state index contributed by atoms with van der Waals surface area (Å²) in [5.41, 5.74) is 1.25. The molecule has 1 saturated heterocycles. The molecular formula is C16H16ClN3O2. The summed E-state index contributed by atoms with van der Waals surface area (Å²) in [4.78, 5) is 22.1. The fourth-order valence-corrected chi connectivity index (χ4v) is 2.71. The van der Waals surface area contributed by atoms with Gasteiger partial charge in [-0.1, -0.05) is 41.9 Å². The van der Waals surface area contributed by atoms with Crippen molar-refractivity contribution in [3.63, 3.8) is 0 Å². The summed E-state index contributed by atoms with van der Waals surface area (Å²) < 4.78 is 0. The van der Waals surface area contributed by atoms with Crippen LogP contribution in [0.4, 0.5) is 0 Å². The fraction of sp³-hybridized carbons (Fsp3) is 0.312. The first kappa shape index (κ1) is 14.9. The number of nitrogens with zero attached hydrogens (tertiary/aromatic N) is 3. The van der Waals surface area contributed by atoms with Crippen LogP contribution < -0.4 is 0 Å². The smallest absolute Gasteiger partial charge is 0.291 e. The highest BCUT2D eigenvalue weighted by atomic mass is 35.5. The highest BCUT2D eigenvalue weighted by Gasteiger charge is 2.45. The second kappa shape index (κ2) is 5.34. The largest absolute Gasteiger partial charge is 0.381 e. The number of aromatic nitrogens is 2. The first-order valence-electron chi connectivity index (χ1n) is 6.98. The lowest BCUT2D eigenvalue weighted by atomic mass is 9.86. The maximum atomic E-state index is 12.4. The number of halogens is 1. The molecule has 1 aromatic heterocycles. The predicted octanol–water partition coefficient (Wildman–Crippen LogP) is 2.09. The van der Waals surface area contributed by atoms with Gasteiger partial charge >= 0.3 is 0 Å². The third-order valence-corrected chi connectivity index (χ3v) is 4.39. The van der Waals surface area contributed by atoms with Crippen molar-refractivity contribution in [3.8, 4) is 0 Å². The van der Waals surface area contributed by atoms with Crippen LogP contribution in [-0.4, -0.2) is 39.0 Å². The fourth-order valence-electron chi connectivity index (χ4n) is 2.49. The standard InChI is InChI=1S/C16H16ClN3O2/c1-10-11(2)18-14(19-13(10)17)15(21)20-8-16(22,9-20)12-6-4-3-5-7-12/h3-7,22H,8-9H2,1-2H3. The van der Waals surface area contributed by atoms with E-state index in [1.54, 1.807) is 6.92 Å². The zero-order valence-corrected chi connectivity index (χ0v) is 13.1. The van der Waals surface area contributed by atoms with Gasteiger partial charge in [0.1, 0.15) is 10.8 Å². The summed E-state index contributed by atoms with van der Waals surface area (Å²) >= 11 is 6.01. The lowest BCUT2D eigenvalue weighted by molar-refractivity contribution is -0.0867. The summed E-state index contributed by atoms with van der Waals surface area (Å²) in [5.74, 6) is -0.242. The van der Waals surface area contributed by atoms with Crippen molar-refractivity contribution in [1.82, 2.24) is 14.9 Å². The molecule has 2 aromatic rings. The molecule has 0 aliphatic carbocycles. The number of amides is 1. The molecule has 1 fully saturated rings. The Morgan fingerprint density at radius 3 is 2.45 bits per heavy atom. The van der Waals surface area contributed by atoms with Gasteiger partial charge in [-0.25, -0.2) is 9.97 Å². The van der Waals surface area contributed by atoms with Gasteiger partial charge in [0.25, 0.3) is 5.91 Å². The first-order valence-corrected chi connectivity index (χ1v) is 7.36. The summed E-state index contributed by atoms with van der Waals surface area (Å²) in [6.07, 6.45) is 0. The number of carbonyl (C=O) groups is 1. The molecule has 5 nitrogen and oxygen atoms in total. The quantitative estimate of drug-likeness (QED) is 0.861. The minimum atomic E-state index is -1.000. The van der Waals surface area contributed by atoms with E-state index in [0.717, 1.165) is 11.1 Å². The van der Waals surface area contributed by atoms with E-state index in [4.69, 9.17) is 11.6 Å². The number of benzene rings is 1. The predicted molar refractivity (Wildman–Crippen MR) is 82.8 cm³/mol. The van der Waals surface area contributed by atoms with Crippen LogP contribution in [0.25, 0.3) is 0 Å². The second-order valence-electron chi connectivity index (χ2n) is 5.61. The molecule has 22 heavy (non-hydrogen) atoms. The molecule has 1 aromatic carbocycles. The highest BCUT2D eigenvalue weighted by Crippen LogP contribution is 2.32. The van der Waals surface area contributed by atoms with Crippen LogP contribution in [0, 0.1) is 13.8 Å². The van der Waals surface area contributed by atoms with Gasteiger partial charge in [0.05, 0.1) is 13.1 Å². The van der Waals surface area contributed by atoms with Crippen molar-refractivity contribution in [1.29, 1.82) is 0 Å². The molecule has 0 radical (unpaired) electrons. The molecule has 1 aliphatic heterocycles. The molecule has 2 heterocycles. The van der Waals surface area contributed by atoms with E-state index in [1.807, 2.05) is 37.3 Å². The minimum absolute atomic E-state index is 0.0724. The van der Waals surface area contributed by atoms with Crippen molar-refractivity contribution in [3.05, 3.63) is 58.1 Å². The molecule has 0 saturated carbocycles. The van der Waals surface area contributed by atoms with Crippen LogP contribution in [0.1, 0.15) is 27.4 Å². The molecule has 0 atom stereocenters. The SMILES string of the molecule is Cc1nc(C(=O)N2CC(O)(c3ccccc3)C2)nc(Cl)c1C. The Labute approximate surface area is 133 Å². The molecule has 3 rings (SSSR count). The Hall–Kier alpha value is -1.98. The van der Waals surface area contributed by atoms with Crippen molar-refractivity contribution >= 4 is 17.5 Å². The number of aryl methyl sites for hydroxylation is 1. The Kier molecular flexibility index (Phi) is 3.62. The number of carbonyl (C=O) groups excluding carboxylic acids is 1. The molecule has 0 spiro atoms. The van der Waals surface area contributed by atoms with Crippen LogP contribution in [-0.2, 0) is 5.60 Å². The number of hydrogen-bond acceptors (Lipinski definition) is 4. The average Bonchev–Trinajstić information content (AvgIpc) is 2.49. The van der Waals surface area contributed by atoms with Gasteiger partial charge in [-0.3, -0.25) is 4.79 Å². The van der Waals surface area contributed by atoms with Crippen molar-refractivity contribution in [2.24, 2.45) is 0 Å². The van der Waals surface area contributed by atoms with Gasteiger partial charge in [-0.15, -0.1) is 0 Å². The maximum Gasteiger partial charge on any atom is 0.291 e. The van der Waals surface area contributed by atoms with E-state index in [-0.39, 0.29) is 30.0 Å². The summed E-state index contributed by atoms with van der Waals surface area (Å²) in [7, 11) is 0. The Morgan fingerprint density at radius 2 is 1.86 bits per heavy atom. The number of hydrogen-bond donors (Lipinski definition) is 1. The highest BCUT2D eigenvalue weighted by molar-refractivity contribution is 6.30. The maximum absolute atomic E-state index is 12.4. The van der Waals surface area contributed by atoms with E-state index in [9.17, 15) is 9.90 Å². The van der Waals surface area contributed by atoms with Crippen LogP contribution >= 0.6 is 11.6 Å². The van der Waals surface area contributed by atoms with E-state index in [0.29, 0.717) is 5.69 Å². The number of aliphatic hydroxyl groups is 1. The molecule has 114 valence electrons. The van der Waals surface area contributed by atoms with E-state index in [2.05, 4.69) is 9.97 Å². The summed E-state index contributed by atoms with van der Waals surface area (Å²) in [5, 5.41) is 10.8.